The van der Waals surface area contributed by atoms with Crippen LogP contribution in [0, 0.1) is 0 Å². The number of nitrogens with zero attached hydrogens (tertiary/aromatic N) is 1. The Morgan fingerprint density at radius 1 is 1.19 bits per heavy atom. The lowest BCUT2D eigenvalue weighted by molar-refractivity contribution is -0.131. The fourth-order valence-electron chi connectivity index (χ4n) is 3.04. The van der Waals surface area contributed by atoms with Gasteiger partial charge in [0.2, 0.25) is 0 Å². The molecule has 6 nitrogen and oxygen atoms in total. The van der Waals surface area contributed by atoms with Gasteiger partial charge in [-0.15, -0.1) is 0 Å². The molecule has 1 aliphatic rings. The minimum absolute atomic E-state index is 0.278. The number of Topliss-reactive ketones (excluding diaryl/α,β-unsaturated/α-hetero) is 1. The van der Waals surface area contributed by atoms with Crippen LogP contribution in [0.5, 0.6) is 0 Å². The van der Waals surface area contributed by atoms with Gasteiger partial charge in [-0.05, 0) is 37.5 Å². The molecule has 1 atom stereocenters. The largest absolute Gasteiger partial charge is 0.466 e. The van der Waals surface area contributed by atoms with Crippen molar-refractivity contribution in [1.82, 2.24) is 10.2 Å². The Morgan fingerprint density at radius 2 is 1.92 bits per heavy atom. The van der Waals surface area contributed by atoms with Crippen molar-refractivity contribution in [3.63, 3.8) is 0 Å². The van der Waals surface area contributed by atoms with E-state index in [1.807, 2.05) is 12.1 Å². The van der Waals surface area contributed by atoms with Crippen molar-refractivity contribution in [3.8, 4) is 0 Å². The lowest BCUT2D eigenvalue weighted by Gasteiger charge is -2.18. The molecule has 3 amide bonds. The van der Waals surface area contributed by atoms with E-state index < -0.39 is 17.5 Å². The van der Waals surface area contributed by atoms with Crippen LogP contribution in [-0.4, -0.2) is 29.2 Å². The second-order valence-corrected chi connectivity index (χ2v) is 6.65. The lowest BCUT2D eigenvalue weighted by Crippen LogP contribution is -2.41. The number of aryl methyl sites for hydroxylation is 1. The van der Waals surface area contributed by atoms with Gasteiger partial charge >= 0.3 is 6.03 Å². The van der Waals surface area contributed by atoms with Crippen LogP contribution in [0.25, 0.3) is 0 Å². The van der Waals surface area contributed by atoms with Crippen LogP contribution in [0.2, 0.25) is 0 Å². The summed E-state index contributed by atoms with van der Waals surface area (Å²) in [7, 11) is 0. The highest BCUT2D eigenvalue weighted by atomic mass is 16.3. The molecule has 2 aromatic rings. The minimum atomic E-state index is -1.29. The average Bonchev–Trinajstić information content (AvgIpc) is 3.25. The number of unbranched alkanes of at least 4 members (excludes halogenated alkanes) is 1. The zero-order valence-corrected chi connectivity index (χ0v) is 15.0. The van der Waals surface area contributed by atoms with Crippen LogP contribution in [-0.2, 0) is 16.8 Å². The van der Waals surface area contributed by atoms with E-state index in [2.05, 4.69) is 12.2 Å². The van der Waals surface area contributed by atoms with Crippen LogP contribution in [0.1, 0.15) is 48.4 Å². The van der Waals surface area contributed by atoms with Crippen LogP contribution in [0.3, 0.4) is 0 Å². The summed E-state index contributed by atoms with van der Waals surface area (Å²) in [6, 6.07) is 10.0. The van der Waals surface area contributed by atoms with Crippen LogP contribution in [0.4, 0.5) is 4.79 Å². The summed E-state index contributed by atoms with van der Waals surface area (Å²) in [5.74, 6) is -0.435. The van der Waals surface area contributed by atoms with Crippen molar-refractivity contribution in [3.05, 3.63) is 59.5 Å². The number of carbonyl (C=O) groups is 3. The molecule has 1 aromatic heterocycles. The zero-order chi connectivity index (χ0) is 18.7. The number of imide groups is 1. The van der Waals surface area contributed by atoms with Crippen LogP contribution < -0.4 is 5.32 Å². The molecule has 0 saturated carbocycles. The average molecular weight is 354 g/mol. The van der Waals surface area contributed by atoms with Crippen molar-refractivity contribution < 1.29 is 18.8 Å². The number of rotatable bonds is 7. The topological polar surface area (TPSA) is 79.6 Å². The fourth-order valence-corrected chi connectivity index (χ4v) is 3.04. The highest BCUT2D eigenvalue weighted by Gasteiger charge is 2.51. The number of carbonyl (C=O) groups excluding carboxylic acids is 3. The maximum Gasteiger partial charge on any atom is 0.325 e. The molecule has 1 aliphatic heterocycles. The predicted octanol–water partition coefficient (Wildman–Crippen LogP) is 3.27. The Hall–Kier alpha value is -2.89. The SMILES string of the molecule is CCCCc1ccc(C(=O)CN2C(=O)N[C@@](C)(c3ccco3)C2=O)cc1. The van der Waals surface area contributed by atoms with E-state index in [1.54, 1.807) is 31.2 Å². The van der Waals surface area contributed by atoms with E-state index in [0.29, 0.717) is 11.3 Å². The molecule has 136 valence electrons. The number of nitrogens with one attached hydrogen (secondary N) is 1. The van der Waals surface area contributed by atoms with Crippen molar-refractivity contribution in [2.75, 3.05) is 6.54 Å². The van der Waals surface area contributed by atoms with E-state index in [-0.39, 0.29) is 12.3 Å². The van der Waals surface area contributed by atoms with E-state index in [9.17, 15) is 14.4 Å². The first-order valence-corrected chi connectivity index (χ1v) is 8.76. The Kier molecular flexibility index (Phi) is 4.93. The number of urea groups is 1. The summed E-state index contributed by atoms with van der Waals surface area (Å²) in [6.45, 7) is 3.40. The van der Waals surface area contributed by atoms with Gasteiger partial charge in [0.15, 0.2) is 11.3 Å². The quantitative estimate of drug-likeness (QED) is 0.611. The predicted molar refractivity (Wildman–Crippen MR) is 95.7 cm³/mol. The van der Waals surface area contributed by atoms with Gasteiger partial charge in [0, 0.05) is 5.56 Å². The zero-order valence-electron chi connectivity index (χ0n) is 15.0. The van der Waals surface area contributed by atoms with E-state index >= 15 is 0 Å². The standard InChI is InChI=1S/C20H22N2O4/c1-3-4-6-14-8-10-15(11-9-14)16(23)13-22-18(24)20(2,21-19(22)25)17-7-5-12-26-17/h5,7-12H,3-4,6,13H2,1-2H3,(H,21,25)/t20-/m0/s1. The van der Waals surface area contributed by atoms with Crippen LogP contribution in [0.15, 0.2) is 47.1 Å². The first-order chi connectivity index (χ1) is 12.5. The second-order valence-electron chi connectivity index (χ2n) is 6.65. The third-order valence-corrected chi connectivity index (χ3v) is 4.69. The summed E-state index contributed by atoms with van der Waals surface area (Å²) in [6.07, 6.45) is 4.62. The van der Waals surface area contributed by atoms with E-state index in [4.69, 9.17) is 4.42 Å². The molecule has 2 heterocycles. The Balaban J connectivity index is 1.71. The number of hydrogen-bond donors (Lipinski definition) is 1. The van der Waals surface area contributed by atoms with Crippen LogP contribution >= 0.6 is 0 Å². The minimum Gasteiger partial charge on any atom is -0.466 e. The van der Waals surface area contributed by atoms with Crippen molar-refractivity contribution >= 4 is 17.7 Å². The summed E-state index contributed by atoms with van der Waals surface area (Å²) >= 11 is 0. The maximum atomic E-state index is 12.7. The normalized spacial score (nSPS) is 19.7. The monoisotopic (exact) mass is 354 g/mol. The molecule has 6 heteroatoms. The van der Waals surface area contributed by atoms with Gasteiger partial charge in [-0.1, -0.05) is 37.6 Å². The first kappa shape index (κ1) is 17.9. The van der Waals surface area contributed by atoms with Crippen molar-refractivity contribution in [2.24, 2.45) is 0 Å². The third kappa shape index (κ3) is 3.27. The van der Waals surface area contributed by atoms with Gasteiger partial charge in [0.25, 0.3) is 5.91 Å². The number of amides is 3. The lowest BCUT2D eigenvalue weighted by atomic mass is 9.99. The summed E-state index contributed by atoms with van der Waals surface area (Å²) in [5, 5.41) is 2.61. The summed E-state index contributed by atoms with van der Waals surface area (Å²) < 4.78 is 5.28. The number of ketones is 1. The number of hydrogen-bond acceptors (Lipinski definition) is 4. The molecule has 0 bridgehead atoms. The maximum absolute atomic E-state index is 12.7. The molecule has 1 saturated heterocycles. The molecule has 0 spiro atoms. The summed E-state index contributed by atoms with van der Waals surface area (Å²) in [4.78, 5) is 38.4. The van der Waals surface area contributed by atoms with Crippen molar-refractivity contribution in [2.45, 2.75) is 38.6 Å². The molecular formula is C20H22N2O4. The Morgan fingerprint density at radius 3 is 2.54 bits per heavy atom. The fraction of sp³-hybridized carbons (Fsp3) is 0.350. The van der Waals surface area contributed by atoms with Gasteiger partial charge in [-0.2, -0.15) is 0 Å². The second kappa shape index (κ2) is 7.15. The summed E-state index contributed by atoms with van der Waals surface area (Å²) in [5.41, 5.74) is 0.367. The smallest absolute Gasteiger partial charge is 0.325 e. The first-order valence-electron chi connectivity index (χ1n) is 8.76. The van der Waals surface area contributed by atoms with Gasteiger partial charge in [-0.25, -0.2) is 4.79 Å². The molecule has 1 fully saturated rings. The third-order valence-electron chi connectivity index (χ3n) is 4.69. The molecule has 0 unspecified atom stereocenters. The highest BCUT2D eigenvalue weighted by molar-refractivity contribution is 6.11. The molecule has 0 radical (unpaired) electrons. The van der Waals surface area contributed by atoms with Gasteiger partial charge in [-0.3, -0.25) is 14.5 Å². The Bertz CT molecular complexity index is 811. The van der Waals surface area contributed by atoms with Gasteiger partial charge in [0.05, 0.1) is 12.8 Å². The molecular weight excluding hydrogens is 332 g/mol. The van der Waals surface area contributed by atoms with Gasteiger partial charge in [0.1, 0.15) is 5.76 Å². The molecule has 1 aromatic carbocycles. The van der Waals surface area contributed by atoms with Gasteiger partial charge < -0.3 is 9.73 Å². The van der Waals surface area contributed by atoms with E-state index in [1.165, 1.54) is 11.8 Å². The van der Waals surface area contributed by atoms with E-state index in [0.717, 1.165) is 24.2 Å². The number of benzene rings is 1. The Labute approximate surface area is 152 Å². The molecule has 26 heavy (non-hydrogen) atoms. The molecule has 1 N–H and O–H groups in total. The highest BCUT2D eigenvalue weighted by Crippen LogP contribution is 2.29. The molecule has 3 rings (SSSR count). The molecule has 0 aliphatic carbocycles. The number of furan rings is 1. The van der Waals surface area contributed by atoms with Crippen molar-refractivity contribution in [1.29, 1.82) is 0 Å².